The molecule has 1 fully saturated rings. The number of pyridine rings is 1. The van der Waals surface area contributed by atoms with Crippen LogP contribution in [0, 0.1) is 0 Å². The van der Waals surface area contributed by atoms with E-state index in [4.69, 9.17) is 4.98 Å². The first-order chi connectivity index (χ1) is 14.0. The van der Waals surface area contributed by atoms with Gasteiger partial charge in [-0.25, -0.2) is 9.78 Å². The van der Waals surface area contributed by atoms with Crippen LogP contribution >= 0.6 is 11.3 Å². The van der Waals surface area contributed by atoms with Crippen molar-refractivity contribution in [2.24, 2.45) is 0 Å². The summed E-state index contributed by atoms with van der Waals surface area (Å²) in [5.41, 5.74) is 0.484. The number of carbonyl (C=O) groups is 1. The molecule has 1 atom stereocenters. The molecule has 1 aromatic carbocycles. The second-order valence-corrected chi connectivity index (χ2v) is 8.47. The average Bonchev–Trinajstić information content (AvgIpc) is 3.30. The zero-order valence-electron chi connectivity index (χ0n) is 16.0. The second-order valence-electron chi connectivity index (χ2n) is 7.44. The number of hydrogen-bond donors (Lipinski definition) is 1. The lowest BCUT2D eigenvalue weighted by atomic mass is 10.2. The first kappa shape index (κ1) is 18.0. The molecule has 1 N–H and O–H groups in total. The normalized spacial score (nSPS) is 17.5. The van der Waals surface area contributed by atoms with Gasteiger partial charge in [0.1, 0.15) is 10.4 Å². The SMILES string of the molecule is CN1CCC(N(C)c2ncc3c(=O)c(C(=O)O)c4sc5ccccc5n4c3n2)C1. The van der Waals surface area contributed by atoms with E-state index >= 15 is 0 Å². The first-order valence-electron chi connectivity index (χ1n) is 9.33. The van der Waals surface area contributed by atoms with E-state index in [1.165, 1.54) is 17.5 Å². The van der Waals surface area contributed by atoms with Crippen molar-refractivity contribution in [3.63, 3.8) is 0 Å². The molecule has 0 aliphatic carbocycles. The van der Waals surface area contributed by atoms with Gasteiger partial charge in [0.25, 0.3) is 0 Å². The second kappa shape index (κ2) is 6.50. The van der Waals surface area contributed by atoms with Crippen molar-refractivity contribution in [1.82, 2.24) is 19.3 Å². The van der Waals surface area contributed by atoms with E-state index in [0.29, 0.717) is 22.5 Å². The fraction of sp³-hybridized carbons (Fsp3) is 0.300. The van der Waals surface area contributed by atoms with Crippen LogP contribution in [0.2, 0.25) is 0 Å². The number of carboxylic acids is 1. The average molecular weight is 409 g/mol. The highest BCUT2D eigenvalue weighted by Crippen LogP contribution is 2.31. The molecule has 0 saturated carbocycles. The van der Waals surface area contributed by atoms with E-state index in [1.807, 2.05) is 36.2 Å². The van der Waals surface area contributed by atoms with E-state index in [2.05, 4.69) is 16.9 Å². The van der Waals surface area contributed by atoms with Crippen LogP contribution in [0.5, 0.6) is 0 Å². The Labute approximate surface area is 169 Å². The van der Waals surface area contributed by atoms with Crippen LogP contribution < -0.4 is 10.3 Å². The smallest absolute Gasteiger partial charge is 0.342 e. The molecular formula is C20H19N5O3S. The van der Waals surface area contributed by atoms with Crippen molar-refractivity contribution in [2.45, 2.75) is 12.5 Å². The van der Waals surface area contributed by atoms with Crippen molar-refractivity contribution < 1.29 is 9.90 Å². The summed E-state index contributed by atoms with van der Waals surface area (Å²) in [4.78, 5) is 38.7. The van der Waals surface area contributed by atoms with Crippen LogP contribution in [0.4, 0.5) is 5.95 Å². The number of likely N-dealkylation sites (N-methyl/N-ethyl adjacent to an activating group) is 2. The van der Waals surface area contributed by atoms with Gasteiger partial charge in [0.15, 0.2) is 5.65 Å². The molecule has 1 saturated heterocycles. The molecule has 4 aromatic rings. The lowest BCUT2D eigenvalue weighted by Crippen LogP contribution is -2.35. The molecule has 29 heavy (non-hydrogen) atoms. The largest absolute Gasteiger partial charge is 0.477 e. The molecule has 0 spiro atoms. The predicted molar refractivity (Wildman–Crippen MR) is 113 cm³/mol. The Balaban J connectivity index is 1.83. The van der Waals surface area contributed by atoms with Gasteiger partial charge in [-0.3, -0.25) is 9.20 Å². The van der Waals surface area contributed by atoms with E-state index < -0.39 is 11.4 Å². The van der Waals surface area contributed by atoms with Crippen molar-refractivity contribution in [1.29, 1.82) is 0 Å². The minimum absolute atomic E-state index is 0.212. The fourth-order valence-electron chi connectivity index (χ4n) is 4.04. The van der Waals surface area contributed by atoms with Gasteiger partial charge in [-0.15, -0.1) is 11.3 Å². The highest BCUT2D eigenvalue weighted by molar-refractivity contribution is 7.24. The minimum atomic E-state index is -1.24. The third kappa shape index (κ3) is 2.69. The van der Waals surface area contributed by atoms with Gasteiger partial charge in [-0.2, -0.15) is 4.98 Å². The molecule has 1 aliphatic rings. The van der Waals surface area contributed by atoms with Crippen molar-refractivity contribution >= 4 is 49.3 Å². The van der Waals surface area contributed by atoms with E-state index in [1.54, 1.807) is 4.40 Å². The summed E-state index contributed by atoms with van der Waals surface area (Å²) in [6, 6.07) is 7.90. The Morgan fingerprint density at radius 2 is 2.14 bits per heavy atom. The molecule has 148 valence electrons. The monoisotopic (exact) mass is 409 g/mol. The maximum absolute atomic E-state index is 13.0. The summed E-state index contributed by atoms with van der Waals surface area (Å²) in [7, 11) is 4.05. The Morgan fingerprint density at radius 1 is 1.34 bits per heavy atom. The number of aromatic nitrogens is 3. The van der Waals surface area contributed by atoms with Gasteiger partial charge in [0.2, 0.25) is 11.4 Å². The summed E-state index contributed by atoms with van der Waals surface area (Å²) < 4.78 is 2.67. The molecule has 9 heteroatoms. The third-order valence-electron chi connectivity index (χ3n) is 5.61. The molecule has 1 aliphatic heterocycles. The number of carboxylic acid groups (broad SMARTS) is 1. The van der Waals surface area contributed by atoms with Gasteiger partial charge in [-0.05, 0) is 32.1 Å². The first-order valence-corrected chi connectivity index (χ1v) is 10.1. The number of aromatic carboxylic acids is 1. The van der Waals surface area contributed by atoms with Crippen LogP contribution in [-0.2, 0) is 0 Å². The molecule has 5 rings (SSSR count). The quantitative estimate of drug-likeness (QED) is 0.555. The van der Waals surface area contributed by atoms with Gasteiger partial charge >= 0.3 is 5.97 Å². The number of para-hydroxylation sites is 1. The van der Waals surface area contributed by atoms with E-state index in [0.717, 1.165) is 29.7 Å². The molecule has 3 aromatic heterocycles. The van der Waals surface area contributed by atoms with Gasteiger partial charge in [0.05, 0.1) is 15.6 Å². The van der Waals surface area contributed by atoms with Crippen LogP contribution in [0.1, 0.15) is 16.8 Å². The minimum Gasteiger partial charge on any atom is -0.477 e. The molecule has 8 nitrogen and oxygen atoms in total. The highest BCUT2D eigenvalue weighted by atomic mass is 32.1. The van der Waals surface area contributed by atoms with E-state index in [-0.39, 0.29) is 10.9 Å². The summed E-state index contributed by atoms with van der Waals surface area (Å²) in [5, 5.41) is 9.91. The van der Waals surface area contributed by atoms with Crippen LogP contribution in [-0.4, -0.2) is 63.6 Å². The fourth-order valence-corrected chi connectivity index (χ4v) is 5.21. The van der Waals surface area contributed by atoms with Crippen LogP contribution in [0.3, 0.4) is 0 Å². The topological polar surface area (TPSA) is 91.0 Å². The Hall–Kier alpha value is -3.04. The molecule has 0 radical (unpaired) electrons. The third-order valence-corrected chi connectivity index (χ3v) is 6.76. The number of nitrogens with zero attached hydrogens (tertiary/aromatic N) is 5. The lowest BCUT2D eigenvalue weighted by Gasteiger charge is -2.24. The van der Waals surface area contributed by atoms with Crippen molar-refractivity contribution in [3.05, 3.63) is 46.2 Å². The number of fused-ring (bicyclic) bond motifs is 5. The van der Waals surface area contributed by atoms with Gasteiger partial charge < -0.3 is 14.9 Å². The summed E-state index contributed by atoms with van der Waals surface area (Å²) >= 11 is 1.29. The van der Waals surface area contributed by atoms with Gasteiger partial charge in [-0.1, -0.05) is 12.1 Å². The summed E-state index contributed by atoms with van der Waals surface area (Å²) in [5.74, 6) is -0.708. The standard InChI is InChI=1S/C20H19N5O3S/c1-23-8-7-11(10-23)24(2)20-21-9-12-16(26)15(19(27)28)18-25(17(12)22-20)13-5-3-4-6-14(13)29-18/h3-6,9,11H,7-8,10H2,1-2H3,(H,27,28). The molecule has 0 bridgehead atoms. The molecule has 1 unspecified atom stereocenters. The summed E-state index contributed by atoms with van der Waals surface area (Å²) in [6.45, 7) is 1.94. The zero-order chi connectivity index (χ0) is 20.3. The number of likely N-dealkylation sites (tertiary alicyclic amines) is 1. The Kier molecular flexibility index (Phi) is 4.04. The highest BCUT2D eigenvalue weighted by Gasteiger charge is 2.27. The maximum atomic E-state index is 13.0. The molecular weight excluding hydrogens is 390 g/mol. The number of anilines is 1. The van der Waals surface area contributed by atoms with Crippen LogP contribution in [0.15, 0.2) is 35.3 Å². The van der Waals surface area contributed by atoms with Crippen molar-refractivity contribution in [2.75, 3.05) is 32.1 Å². The lowest BCUT2D eigenvalue weighted by molar-refractivity contribution is 0.0697. The maximum Gasteiger partial charge on any atom is 0.342 e. The Bertz CT molecular complexity index is 1340. The van der Waals surface area contributed by atoms with Crippen LogP contribution in [0.25, 0.3) is 26.1 Å². The number of rotatable bonds is 3. The molecule has 0 amide bonds. The van der Waals surface area contributed by atoms with E-state index in [9.17, 15) is 14.7 Å². The zero-order valence-corrected chi connectivity index (χ0v) is 16.8. The predicted octanol–water partition coefficient (Wildman–Crippen LogP) is 2.30. The number of thiazole rings is 1. The number of benzene rings is 1. The van der Waals surface area contributed by atoms with Gasteiger partial charge in [0, 0.05) is 25.8 Å². The summed E-state index contributed by atoms with van der Waals surface area (Å²) in [6.07, 6.45) is 2.48. The van der Waals surface area contributed by atoms with Crippen molar-refractivity contribution in [3.8, 4) is 0 Å². The number of hydrogen-bond acceptors (Lipinski definition) is 7. The Morgan fingerprint density at radius 3 is 2.86 bits per heavy atom. The molecule has 4 heterocycles.